The van der Waals surface area contributed by atoms with Gasteiger partial charge in [0.2, 0.25) is 0 Å². The predicted octanol–water partition coefficient (Wildman–Crippen LogP) is 3.34. The first-order valence-electron chi connectivity index (χ1n) is 8.72. The van der Waals surface area contributed by atoms with Crippen molar-refractivity contribution < 1.29 is 18.2 Å². The highest BCUT2D eigenvalue weighted by molar-refractivity contribution is 7.92. The third-order valence-corrected chi connectivity index (χ3v) is 6.23. The average Bonchev–Trinajstić information content (AvgIpc) is 2.69. The summed E-state index contributed by atoms with van der Waals surface area (Å²) in [6.07, 6.45) is 1.74. The fourth-order valence-electron chi connectivity index (χ4n) is 3.02. The number of benzene rings is 2. The lowest BCUT2D eigenvalue weighted by atomic mass is 10.2. The molecule has 2 aromatic rings. The second-order valence-electron chi connectivity index (χ2n) is 6.06. The maximum atomic E-state index is 13.1. The molecule has 0 atom stereocenters. The summed E-state index contributed by atoms with van der Waals surface area (Å²) in [4.78, 5) is 16.4. The summed E-state index contributed by atoms with van der Waals surface area (Å²) in [5.74, 6) is 0. The summed E-state index contributed by atoms with van der Waals surface area (Å²) in [5.41, 5.74) is 0.481. The van der Waals surface area contributed by atoms with E-state index in [2.05, 4.69) is 0 Å². The molecule has 1 fully saturated rings. The molecule has 0 aliphatic carbocycles. The molecule has 1 saturated heterocycles. The van der Waals surface area contributed by atoms with Crippen LogP contribution < -0.4 is 9.37 Å². The van der Waals surface area contributed by atoms with Crippen molar-refractivity contribution in [3.63, 3.8) is 0 Å². The van der Waals surface area contributed by atoms with Gasteiger partial charge < -0.3 is 0 Å². The molecule has 144 valence electrons. The zero-order valence-corrected chi connectivity index (χ0v) is 15.8. The predicted molar refractivity (Wildman–Crippen MR) is 102 cm³/mol. The summed E-state index contributed by atoms with van der Waals surface area (Å²) in [7, 11) is -3.94. The minimum absolute atomic E-state index is 0.124. The van der Waals surface area contributed by atoms with Crippen LogP contribution in [-0.2, 0) is 14.9 Å². The fraction of sp³-hybridized carbons (Fsp3) is 0.333. The van der Waals surface area contributed by atoms with Gasteiger partial charge in [-0.2, -0.15) is 0 Å². The van der Waals surface area contributed by atoms with E-state index < -0.39 is 14.9 Å². The molecule has 0 unspecified atom stereocenters. The van der Waals surface area contributed by atoms with E-state index in [1.165, 1.54) is 21.5 Å². The number of hydroxylamine groups is 1. The van der Waals surface area contributed by atoms with Gasteiger partial charge in [-0.15, -0.1) is 0 Å². The van der Waals surface area contributed by atoms with Crippen molar-refractivity contribution in [1.82, 2.24) is 0 Å². The summed E-state index contributed by atoms with van der Waals surface area (Å²) >= 11 is 0. The van der Waals surface area contributed by atoms with Gasteiger partial charge in [0.15, 0.2) is 0 Å². The fourth-order valence-corrected chi connectivity index (χ4v) is 4.51. The number of nitro groups is 1. The van der Waals surface area contributed by atoms with Gasteiger partial charge in [-0.05, 0) is 44.0 Å². The molecule has 0 spiro atoms. The topological polar surface area (TPSA) is 93.0 Å². The van der Waals surface area contributed by atoms with Crippen LogP contribution >= 0.6 is 0 Å². The van der Waals surface area contributed by atoms with Crippen LogP contribution in [0.2, 0.25) is 0 Å². The van der Waals surface area contributed by atoms with Gasteiger partial charge in [-0.25, -0.2) is 13.5 Å². The van der Waals surface area contributed by atoms with Crippen molar-refractivity contribution in [1.29, 1.82) is 0 Å². The van der Waals surface area contributed by atoms with Crippen LogP contribution in [0.4, 0.5) is 17.1 Å². The molecule has 0 aromatic heterocycles. The van der Waals surface area contributed by atoms with Gasteiger partial charge in [-0.3, -0.25) is 19.3 Å². The minimum Gasteiger partial charge on any atom is -0.273 e. The number of hydrogen-bond donors (Lipinski definition) is 0. The molecule has 27 heavy (non-hydrogen) atoms. The molecule has 1 heterocycles. The molecule has 3 rings (SSSR count). The smallest absolute Gasteiger partial charge is 0.273 e. The standard InChI is InChI=1S/C18H21N3O5S/c1-2-20(15-8-4-3-5-9-15)27(24,25)16-10-11-17(18(14-16)21(22)23)19-12-6-7-13-26-19/h3-5,8-11,14H,2,6-7,12-13H2,1H3. The Morgan fingerprint density at radius 2 is 1.93 bits per heavy atom. The maximum Gasteiger partial charge on any atom is 0.296 e. The van der Waals surface area contributed by atoms with Crippen molar-refractivity contribution in [3.8, 4) is 0 Å². The van der Waals surface area contributed by atoms with E-state index in [9.17, 15) is 18.5 Å². The highest BCUT2D eigenvalue weighted by atomic mass is 32.2. The van der Waals surface area contributed by atoms with E-state index in [4.69, 9.17) is 4.84 Å². The number of nitro benzene ring substituents is 1. The van der Waals surface area contributed by atoms with Crippen LogP contribution in [0.3, 0.4) is 0 Å². The molecule has 0 bridgehead atoms. The lowest BCUT2D eigenvalue weighted by molar-refractivity contribution is -0.384. The summed E-state index contributed by atoms with van der Waals surface area (Å²) in [6, 6.07) is 12.6. The van der Waals surface area contributed by atoms with E-state index in [0.717, 1.165) is 18.9 Å². The first kappa shape index (κ1) is 19.1. The van der Waals surface area contributed by atoms with Gasteiger partial charge in [0.25, 0.3) is 15.7 Å². The molecule has 2 aromatic carbocycles. The average molecular weight is 391 g/mol. The molecule has 1 aliphatic heterocycles. The SMILES string of the molecule is CCN(c1ccccc1)S(=O)(=O)c1ccc(N2CCCCO2)c([N+](=O)[O-])c1. The Balaban J connectivity index is 2.03. The third kappa shape index (κ3) is 3.88. The van der Waals surface area contributed by atoms with E-state index in [1.807, 2.05) is 0 Å². The van der Waals surface area contributed by atoms with Crippen molar-refractivity contribution in [2.75, 3.05) is 29.1 Å². The van der Waals surface area contributed by atoms with Gasteiger partial charge in [0, 0.05) is 19.2 Å². The van der Waals surface area contributed by atoms with Crippen molar-refractivity contribution in [2.24, 2.45) is 0 Å². The second kappa shape index (κ2) is 7.93. The van der Waals surface area contributed by atoms with Crippen LogP contribution in [0.15, 0.2) is 53.4 Å². The molecule has 1 aliphatic rings. The molecular formula is C18H21N3O5S. The van der Waals surface area contributed by atoms with Crippen LogP contribution in [-0.4, -0.2) is 33.0 Å². The molecule has 0 saturated carbocycles. The lowest BCUT2D eigenvalue weighted by Gasteiger charge is -2.28. The number of hydrogen-bond acceptors (Lipinski definition) is 6. The van der Waals surface area contributed by atoms with E-state index in [1.54, 1.807) is 37.3 Å². The zero-order chi connectivity index (χ0) is 19.4. The first-order valence-corrected chi connectivity index (χ1v) is 10.2. The van der Waals surface area contributed by atoms with Crippen LogP contribution in [0, 0.1) is 10.1 Å². The van der Waals surface area contributed by atoms with Gasteiger partial charge in [0.05, 0.1) is 22.1 Å². The minimum atomic E-state index is -3.94. The Morgan fingerprint density at radius 3 is 2.52 bits per heavy atom. The molecule has 8 nitrogen and oxygen atoms in total. The van der Waals surface area contributed by atoms with Gasteiger partial charge in [0.1, 0.15) is 5.69 Å². The second-order valence-corrected chi connectivity index (χ2v) is 7.92. The summed E-state index contributed by atoms with van der Waals surface area (Å²) in [6.45, 7) is 2.93. The van der Waals surface area contributed by atoms with Crippen LogP contribution in [0.25, 0.3) is 0 Å². The quantitative estimate of drug-likeness (QED) is 0.554. The van der Waals surface area contributed by atoms with Crippen LogP contribution in [0.5, 0.6) is 0 Å². The highest BCUT2D eigenvalue weighted by Gasteiger charge is 2.29. The Morgan fingerprint density at radius 1 is 1.19 bits per heavy atom. The van der Waals surface area contributed by atoms with E-state index in [-0.39, 0.29) is 22.8 Å². The number of rotatable bonds is 6. The van der Waals surface area contributed by atoms with Crippen molar-refractivity contribution in [3.05, 3.63) is 58.6 Å². The Bertz CT molecular complexity index is 912. The van der Waals surface area contributed by atoms with E-state index >= 15 is 0 Å². The Hall–Kier alpha value is -2.65. The summed E-state index contributed by atoms with van der Waals surface area (Å²) in [5, 5.41) is 13.0. The molecular weight excluding hydrogens is 370 g/mol. The number of sulfonamides is 1. The van der Waals surface area contributed by atoms with Gasteiger partial charge >= 0.3 is 0 Å². The lowest BCUT2D eigenvalue weighted by Crippen LogP contribution is -2.32. The van der Waals surface area contributed by atoms with Crippen molar-refractivity contribution >= 4 is 27.1 Å². The summed E-state index contributed by atoms with van der Waals surface area (Å²) < 4.78 is 27.4. The normalized spacial score (nSPS) is 14.8. The molecule has 9 heteroatoms. The molecule has 0 amide bonds. The van der Waals surface area contributed by atoms with Gasteiger partial charge in [-0.1, -0.05) is 18.2 Å². The largest absolute Gasteiger partial charge is 0.296 e. The van der Waals surface area contributed by atoms with Crippen LogP contribution in [0.1, 0.15) is 19.8 Å². The first-order chi connectivity index (χ1) is 12.9. The Labute approximate surface area is 158 Å². The highest BCUT2D eigenvalue weighted by Crippen LogP contribution is 2.34. The third-order valence-electron chi connectivity index (χ3n) is 4.33. The maximum absolute atomic E-state index is 13.1. The number of para-hydroxylation sites is 1. The Kier molecular flexibility index (Phi) is 5.62. The number of anilines is 2. The zero-order valence-electron chi connectivity index (χ0n) is 14.9. The van der Waals surface area contributed by atoms with E-state index in [0.29, 0.717) is 18.8 Å². The molecule has 0 radical (unpaired) electrons. The van der Waals surface area contributed by atoms with Crippen molar-refractivity contribution in [2.45, 2.75) is 24.7 Å². The monoisotopic (exact) mass is 391 g/mol. The molecule has 0 N–H and O–H groups in total. The number of nitrogens with zero attached hydrogens (tertiary/aromatic N) is 3.